The molecule has 1 aliphatic heterocycles. The number of nitrogens with two attached hydrogens (primary N) is 1. The van der Waals surface area contributed by atoms with E-state index in [2.05, 4.69) is 10.6 Å². The molecule has 3 amide bonds. The van der Waals surface area contributed by atoms with Crippen molar-refractivity contribution >= 4 is 34.8 Å². The van der Waals surface area contributed by atoms with Crippen molar-refractivity contribution in [3.05, 3.63) is 54.1 Å². The molecule has 0 aromatic heterocycles. The summed E-state index contributed by atoms with van der Waals surface area (Å²) in [6, 6.07) is 13.1. The predicted octanol–water partition coefficient (Wildman–Crippen LogP) is 3.50. The Morgan fingerprint density at radius 2 is 1.70 bits per heavy atom. The van der Waals surface area contributed by atoms with Crippen LogP contribution in [0.1, 0.15) is 44.0 Å². The minimum Gasteiger partial charge on any atom is -0.397 e. The smallest absolute Gasteiger partial charge is 0.255 e. The van der Waals surface area contributed by atoms with E-state index in [1.54, 1.807) is 53.4 Å². The zero-order valence-corrected chi connectivity index (χ0v) is 17.6. The zero-order chi connectivity index (χ0) is 21.9. The first-order chi connectivity index (χ1) is 14.2. The van der Waals surface area contributed by atoms with Gasteiger partial charge in [-0.1, -0.05) is 32.9 Å². The molecular weight excluding hydrogens is 380 g/mol. The number of likely N-dealkylation sites (tertiary alicyclic amines) is 1. The molecule has 0 spiro atoms. The standard InChI is InChI=1S/C23H28N4O3/c1-23(2,3)20(27-14-6-9-19(27)28)22(30)25-16-12-10-15(11-13-16)21(29)26-18-8-5-4-7-17(18)24/h4-5,7-8,10-13,20H,6,9,14,24H2,1-3H3,(H,25,30)(H,26,29). The van der Waals surface area contributed by atoms with Crippen LogP contribution in [0.3, 0.4) is 0 Å². The number of nitrogen functional groups attached to an aromatic ring is 1. The lowest BCUT2D eigenvalue weighted by Crippen LogP contribution is -2.52. The van der Waals surface area contributed by atoms with Gasteiger partial charge in [-0.15, -0.1) is 0 Å². The molecule has 1 aliphatic rings. The highest BCUT2D eigenvalue weighted by Crippen LogP contribution is 2.29. The lowest BCUT2D eigenvalue weighted by molar-refractivity contribution is -0.138. The van der Waals surface area contributed by atoms with Crippen molar-refractivity contribution in [2.24, 2.45) is 5.41 Å². The summed E-state index contributed by atoms with van der Waals surface area (Å²) >= 11 is 0. The molecule has 0 saturated carbocycles. The number of hydrogen-bond acceptors (Lipinski definition) is 4. The first kappa shape index (κ1) is 21.4. The summed E-state index contributed by atoms with van der Waals surface area (Å²) in [6.45, 7) is 6.44. The Kier molecular flexibility index (Phi) is 6.10. The molecule has 158 valence electrons. The molecular formula is C23H28N4O3. The lowest BCUT2D eigenvalue weighted by atomic mass is 9.85. The number of anilines is 3. The number of rotatable bonds is 5. The molecule has 0 aliphatic carbocycles. The molecule has 7 nitrogen and oxygen atoms in total. The fraction of sp³-hybridized carbons (Fsp3) is 0.348. The molecule has 2 aromatic rings. The fourth-order valence-corrected chi connectivity index (χ4v) is 3.67. The van der Waals surface area contributed by atoms with E-state index in [1.165, 1.54) is 0 Å². The van der Waals surface area contributed by atoms with E-state index in [1.807, 2.05) is 20.8 Å². The number of benzene rings is 2. The topological polar surface area (TPSA) is 105 Å². The second-order valence-corrected chi connectivity index (χ2v) is 8.57. The second kappa shape index (κ2) is 8.57. The number of nitrogens with zero attached hydrogens (tertiary/aromatic N) is 1. The predicted molar refractivity (Wildman–Crippen MR) is 118 cm³/mol. The molecule has 3 rings (SSSR count). The third-order valence-electron chi connectivity index (χ3n) is 5.11. The van der Waals surface area contributed by atoms with E-state index >= 15 is 0 Å². The molecule has 0 bridgehead atoms. The Balaban J connectivity index is 1.69. The lowest BCUT2D eigenvalue weighted by Gasteiger charge is -2.36. The number of amides is 3. The van der Waals surface area contributed by atoms with E-state index in [4.69, 9.17) is 5.73 Å². The van der Waals surface area contributed by atoms with Crippen molar-refractivity contribution in [2.75, 3.05) is 22.9 Å². The highest BCUT2D eigenvalue weighted by Gasteiger charge is 2.40. The minimum absolute atomic E-state index is 0.0114. The summed E-state index contributed by atoms with van der Waals surface area (Å²) in [6.07, 6.45) is 1.25. The van der Waals surface area contributed by atoms with Gasteiger partial charge < -0.3 is 21.3 Å². The van der Waals surface area contributed by atoms with Crippen LogP contribution in [0, 0.1) is 5.41 Å². The number of carbonyl (C=O) groups is 3. The van der Waals surface area contributed by atoms with Crippen LogP contribution >= 0.6 is 0 Å². The monoisotopic (exact) mass is 408 g/mol. The Morgan fingerprint density at radius 3 is 2.27 bits per heavy atom. The molecule has 1 heterocycles. The van der Waals surface area contributed by atoms with Crippen LogP contribution in [-0.2, 0) is 9.59 Å². The van der Waals surface area contributed by atoms with E-state index in [-0.39, 0.29) is 17.7 Å². The summed E-state index contributed by atoms with van der Waals surface area (Å²) in [4.78, 5) is 39.3. The van der Waals surface area contributed by atoms with Gasteiger partial charge in [0, 0.05) is 24.2 Å². The average molecular weight is 409 g/mol. The van der Waals surface area contributed by atoms with Crippen molar-refractivity contribution in [2.45, 2.75) is 39.7 Å². The van der Waals surface area contributed by atoms with Gasteiger partial charge in [0.25, 0.3) is 5.91 Å². The summed E-state index contributed by atoms with van der Waals surface area (Å²) in [5.74, 6) is -0.509. The minimum atomic E-state index is -0.559. The summed E-state index contributed by atoms with van der Waals surface area (Å²) in [5, 5.41) is 5.66. The molecule has 1 unspecified atom stereocenters. The molecule has 1 saturated heterocycles. The Bertz CT molecular complexity index is 948. The van der Waals surface area contributed by atoms with Crippen LogP contribution in [0.15, 0.2) is 48.5 Å². The number of carbonyl (C=O) groups excluding carboxylic acids is 3. The molecule has 0 radical (unpaired) electrons. The van der Waals surface area contributed by atoms with E-state index < -0.39 is 11.5 Å². The van der Waals surface area contributed by atoms with Crippen molar-refractivity contribution in [3.8, 4) is 0 Å². The Hall–Kier alpha value is -3.35. The Morgan fingerprint density at radius 1 is 1.03 bits per heavy atom. The summed E-state index contributed by atoms with van der Waals surface area (Å²) in [5.41, 5.74) is 7.50. The van der Waals surface area contributed by atoms with E-state index in [0.29, 0.717) is 35.6 Å². The van der Waals surface area contributed by atoms with Gasteiger partial charge in [0.05, 0.1) is 11.4 Å². The molecule has 30 heavy (non-hydrogen) atoms. The number of nitrogens with one attached hydrogen (secondary N) is 2. The zero-order valence-electron chi connectivity index (χ0n) is 17.6. The largest absolute Gasteiger partial charge is 0.397 e. The van der Waals surface area contributed by atoms with Gasteiger partial charge >= 0.3 is 0 Å². The Labute approximate surface area is 176 Å². The maximum absolute atomic E-state index is 13.0. The summed E-state index contributed by atoms with van der Waals surface area (Å²) in [7, 11) is 0. The van der Waals surface area contributed by atoms with Gasteiger partial charge in [0.2, 0.25) is 11.8 Å². The van der Waals surface area contributed by atoms with Crippen molar-refractivity contribution < 1.29 is 14.4 Å². The average Bonchev–Trinajstić information content (AvgIpc) is 3.08. The molecule has 1 atom stereocenters. The second-order valence-electron chi connectivity index (χ2n) is 8.57. The van der Waals surface area contributed by atoms with Gasteiger partial charge in [-0.05, 0) is 48.2 Å². The van der Waals surface area contributed by atoms with Crippen LogP contribution in [0.5, 0.6) is 0 Å². The highest BCUT2D eigenvalue weighted by atomic mass is 16.2. The van der Waals surface area contributed by atoms with Crippen molar-refractivity contribution in [1.29, 1.82) is 0 Å². The van der Waals surface area contributed by atoms with Crippen molar-refractivity contribution in [1.82, 2.24) is 4.90 Å². The maximum atomic E-state index is 13.0. The quantitative estimate of drug-likeness (QED) is 0.659. The van der Waals surface area contributed by atoms with Crippen LogP contribution < -0.4 is 16.4 Å². The third-order valence-corrected chi connectivity index (χ3v) is 5.11. The highest BCUT2D eigenvalue weighted by molar-refractivity contribution is 6.06. The van der Waals surface area contributed by atoms with Crippen LogP contribution in [0.25, 0.3) is 0 Å². The van der Waals surface area contributed by atoms with Crippen LogP contribution in [0.4, 0.5) is 17.1 Å². The fourth-order valence-electron chi connectivity index (χ4n) is 3.67. The van der Waals surface area contributed by atoms with Gasteiger partial charge in [-0.3, -0.25) is 14.4 Å². The number of para-hydroxylation sites is 2. The van der Waals surface area contributed by atoms with Crippen molar-refractivity contribution in [3.63, 3.8) is 0 Å². The molecule has 2 aromatic carbocycles. The SMILES string of the molecule is CC(C)(C)C(C(=O)Nc1ccc(C(=O)Nc2ccccc2N)cc1)N1CCCC1=O. The van der Waals surface area contributed by atoms with Gasteiger partial charge in [0.15, 0.2) is 0 Å². The maximum Gasteiger partial charge on any atom is 0.255 e. The van der Waals surface area contributed by atoms with Gasteiger partial charge in [-0.25, -0.2) is 0 Å². The summed E-state index contributed by atoms with van der Waals surface area (Å²) < 4.78 is 0. The normalized spacial score (nSPS) is 15.0. The molecule has 1 fully saturated rings. The van der Waals surface area contributed by atoms with E-state index in [0.717, 1.165) is 6.42 Å². The van der Waals surface area contributed by atoms with Crippen LogP contribution in [0.2, 0.25) is 0 Å². The van der Waals surface area contributed by atoms with Crippen LogP contribution in [-0.4, -0.2) is 35.2 Å². The van der Waals surface area contributed by atoms with Gasteiger partial charge in [-0.2, -0.15) is 0 Å². The number of hydrogen-bond donors (Lipinski definition) is 3. The molecule has 4 N–H and O–H groups in total. The third kappa shape index (κ3) is 4.79. The van der Waals surface area contributed by atoms with E-state index in [9.17, 15) is 14.4 Å². The van der Waals surface area contributed by atoms with Gasteiger partial charge in [0.1, 0.15) is 6.04 Å². The first-order valence-electron chi connectivity index (χ1n) is 10.0. The molecule has 7 heteroatoms. The first-order valence-corrected chi connectivity index (χ1v) is 10.0.